The average Bonchev–Trinajstić information content (AvgIpc) is 2.16. The van der Waals surface area contributed by atoms with Crippen LogP contribution in [-0.2, 0) is 9.84 Å². The summed E-state index contributed by atoms with van der Waals surface area (Å²) in [6.45, 7) is 9.06. The fraction of sp³-hybridized carbons (Fsp3) is 0.909. The summed E-state index contributed by atoms with van der Waals surface area (Å²) in [7, 11) is -3.05. The molecule has 0 spiro atoms. The molecule has 4 nitrogen and oxygen atoms in total. The minimum absolute atomic E-state index is 0.162. The molecule has 0 amide bonds. The smallest absolute Gasteiger partial charge is 0.156 e. The van der Waals surface area contributed by atoms with Crippen molar-refractivity contribution in [3.8, 4) is 6.07 Å². The van der Waals surface area contributed by atoms with Gasteiger partial charge in [-0.25, -0.2) is 8.42 Å². The molecule has 0 radical (unpaired) electrons. The van der Waals surface area contributed by atoms with Crippen molar-refractivity contribution in [1.82, 2.24) is 4.90 Å². The summed E-state index contributed by atoms with van der Waals surface area (Å²) in [5.74, 6) is 0.162. The Bertz CT molecular complexity index is 336. The predicted molar refractivity (Wildman–Crippen MR) is 65.9 cm³/mol. The van der Waals surface area contributed by atoms with Crippen LogP contribution in [0.5, 0.6) is 0 Å². The molecule has 5 heteroatoms. The number of nitrogens with zero attached hydrogens (tertiary/aromatic N) is 2. The lowest BCUT2D eigenvalue weighted by Gasteiger charge is -2.23. The lowest BCUT2D eigenvalue weighted by Crippen LogP contribution is -2.37. The van der Waals surface area contributed by atoms with Crippen molar-refractivity contribution >= 4 is 9.84 Å². The molecule has 16 heavy (non-hydrogen) atoms. The predicted octanol–water partition coefficient (Wildman–Crippen LogP) is 1.44. The van der Waals surface area contributed by atoms with Gasteiger partial charge in [0.2, 0.25) is 0 Å². The SMILES string of the molecule is CCN(CCC#N)CCS(=O)(=O)C(C)(C)C. The normalized spacial score (nSPS) is 12.8. The Morgan fingerprint density at radius 3 is 2.19 bits per heavy atom. The van der Waals surface area contributed by atoms with E-state index in [1.807, 2.05) is 11.8 Å². The molecule has 0 aromatic carbocycles. The van der Waals surface area contributed by atoms with Gasteiger partial charge >= 0.3 is 0 Å². The second-order valence-corrected chi connectivity index (χ2v) is 7.64. The lowest BCUT2D eigenvalue weighted by atomic mass is 10.3. The van der Waals surface area contributed by atoms with Crippen molar-refractivity contribution in [1.29, 1.82) is 5.26 Å². The van der Waals surface area contributed by atoms with E-state index in [4.69, 9.17) is 5.26 Å². The van der Waals surface area contributed by atoms with Gasteiger partial charge < -0.3 is 4.90 Å². The standard InChI is InChI=1S/C11H22N2O2S/c1-5-13(8-6-7-12)9-10-16(14,15)11(2,3)4/h5-6,8-10H2,1-4H3. The molecule has 0 N–H and O–H groups in total. The summed E-state index contributed by atoms with van der Waals surface area (Å²) in [5, 5.41) is 8.47. The van der Waals surface area contributed by atoms with Gasteiger partial charge in [0.1, 0.15) is 0 Å². The van der Waals surface area contributed by atoms with E-state index >= 15 is 0 Å². The lowest BCUT2D eigenvalue weighted by molar-refractivity contribution is 0.311. The summed E-state index contributed by atoms with van der Waals surface area (Å²) in [4.78, 5) is 1.99. The fourth-order valence-electron chi connectivity index (χ4n) is 1.19. The molecule has 0 atom stereocenters. The highest BCUT2D eigenvalue weighted by atomic mass is 32.2. The minimum atomic E-state index is -3.05. The third-order valence-corrected chi connectivity index (χ3v) is 5.18. The van der Waals surface area contributed by atoms with Crippen molar-refractivity contribution < 1.29 is 8.42 Å². The van der Waals surface area contributed by atoms with E-state index in [2.05, 4.69) is 6.07 Å². The van der Waals surface area contributed by atoms with Crippen LogP contribution in [0.25, 0.3) is 0 Å². The zero-order chi connectivity index (χ0) is 12.8. The van der Waals surface area contributed by atoms with Gasteiger partial charge in [0.05, 0.1) is 16.6 Å². The Morgan fingerprint density at radius 2 is 1.81 bits per heavy atom. The maximum absolute atomic E-state index is 11.9. The van der Waals surface area contributed by atoms with Gasteiger partial charge in [0.25, 0.3) is 0 Å². The number of hydrogen-bond donors (Lipinski definition) is 0. The van der Waals surface area contributed by atoms with Gasteiger partial charge in [-0.05, 0) is 27.3 Å². The molecule has 0 aliphatic rings. The Kier molecular flexibility index (Phi) is 5.98. The first kappa shape index (κ1) is 15.4. The molecule has 0 bridgehead atoms. The van der Waals surface area contributed by atoms with Crippen LogP contribution in [0.2, 0.25) is 0 Å². The van der Waals surface area contributed by atoms with Crippen LogP contribution >= 0.6 is 0 Å². The highest BCUT2D eigenvalue weighted by molar-refractivity contribution is 7.92. The Labute approximate surface area is 99.2 Å². The Balaban J connectivity index is 4.28. The van der Waals surface area contributed by atoms with Crippen molar-refractivity contribution in [3.05, 3.63) is 0 Å². The molecule has 94 valence electrons. The van der Waals surface area contributed by atoms with Crippen molar-refractivity contribution in [2.45, 2.75) is 38.9 Å². The van der Waals surface area contributed by atoms with E-state index in [1.54, 1.807) is 20.8 Å². The van der Waals surface area contributed by atoms with Crippen LogP contribution < -0.4 is 0 Å². The fourth-order valence-corrected chi connectivity index (χ4v) is 2.30. The van der Waals surface area contributed by atoms with Gasteiger partial charge in [-0.3, -0.25) is 0 Å². The summed E-state index contributed by atoms with van der Waals surface area (Å²) >= 11 is 0. The second-order valence-electron chi connectivity index (χ2n) is 4.77. The summed E-state index contributed by atoms with van der Waals surface area (Å²) < 4.78 is 23.0. The van der Waals surface area contributed by atoms with E-state index in [-0.39, 0.29) is 5.75 Å². The first-order valence-corrected chi connectivity index (χ1v) is 7.21. The van der Waals surface area contributed by atoms with Crippen LogP contribution in [0.3, 0.4) is 0 Å². The van der Waals surface area contributed by atoms with Crippen LogP contribution in [0.1, 0.15) is 34.1 Å². The number of rotatable bonds is 6. The molecule has 0 aromatic rings. The van der Waals surface area contributed by atoms with E-state index in [1.165, 1.54) is 0 Å². The monoisotopic (exact) mass is 246 g/mol. The topological polar surface area (TPSA) is 61.2 Å². The van der Waals surface area contributed by atoms with E-state index in [9.17, 15) is 8.42 Å². The average molecular weight is 246 g/mol. The number of sulfone groups is 1. The minimum Gasteiger partial charge on any atom is -0.302 e. The molecule has 0 unspecified atom stereocenters. The van der Waals surface area contributed by atoms with Gasteiger partial charge in [-0.2, -0.15) is 5.26 Å². The van der Waals surface area contributed by atoms with Gasteiger partial charge in [0.15, 0.2) is 9.84 Å². The molecular formula is C11H22N2O2S. The van der Waals surface area contributed by atoms with Crippen LogP contribution in [0.15, 0.2) is 0 Å². The molecular weight excluding hydrogens is 224 g/mol. The van der Waals surface area contributed by atoms with Crippen LogP contribution in [0.4, 0.5) is 0 Å². The van der Waals surface area contributed by atoms with Gasteiger partial charge in [0, 0.05) is 19.5 Å². The zero-order valence-corrected chi connectivity index (χ0v) is 11.5. The Hall–Kier alpha value is -0.600. The molecule has 0 saturated heterocycles. The van der Waals surface area contributed by atoms with Crippen LogP contribution in [-0.4, -0.2) is 43.5 Å². The summed E-state index contributed by atoms with van der Waals surface area (Å²) in [5.41, 5.74) is 0. The quantitative estimate of drug-likeness (QED) is 0.711. The Morgan fingerprint density at radius 1 is 1.25 bits per heavy atom. The molecule has 0 aromatic heterocycles. The highest BCUT2D eigenvalue weighted by Gasteiger charge is 2.28. The molecule has 0 heterocycles. The third kappa shape index (κ3) is 4.95. The zero-order valence-electron chi connectivity index (χ0n) is 10.7. The van der Waals surface area contributed by atoms with Crippen molar-refractivity contribution in [3.63, 3.8) is 0 Å². The van der Waals surface area contributed by atoms with Crippen LogP contribution in [0, 0.1) is 11.3 Å². The number of nitriles is 1. The van der Waals surface area contributed by atoms with E-state index in [0.717, 1.165) is 6.54 Å². The van der Waals surface area contributed by atoms with Gasteiger partial charge in [-0.15, -0.1) is 0 Å². The molecule has 0 aliphatic heterocycles. The van der Waals surface area contributed by atoms with Crippen molar-refractivity contribution in [2.24, 2.45) is 0 Å². The maximum atomic E-state index is 11.9. The van der Waals surface area contributed by atoms with E-state index < -0.39 is 14.6 Å². The molecule has 0 fully saturated rings. The first-order chi connectivity index (χ1) is 7.24. The first-order valence-electron chi connectivity index (χ1n) is 5.56. The molecule has 0 aliphatic carbocycles. The molecule has 0 rings (SSSR count). The largest absolute Gasteiger partial charge is 0.302 e. The van der Waals surface area contributed by atoms with Gasteiger partial charge in [-0.1, -0.05) is 6.92 Å². The van der Waals surface area contributed by atoms with Crippen molar-refractivity contribution in [2.75, 3.05) is 25.4 Å². The molecule has 0 saturated carbocycles. The summed E-state index contributed by atoms with van der Waals surface area (Å²) in [6.07, 6.45) is 0.448. The third-order valence-electron chi connectivity index (χ3n) is 2.60. The maximum Gasteiger partial charge on any atom is 0.156 e. The highest BCUT2D eigenvalue weighted by Crippen LogP contribution is 2.15. The van der Waals surface area contributed by atoms with E-state index in [0.29, 0.717) is 19.5 Å². The second kappa shape index (κ2) is 6.21. The number of hydrogen-bond acceptors (Lipinski definition) is 4. The summed E-state index contributed by atoms with van der Waals surface area (Å²) in [6, 6.07) is 2.07.